The van der Waals surface area contributed by atoms with Crippen LogP contribution in [-0.2, 0) is 13.1 Å². The molecule has 0 spiro atoms. The Hall–Kier alpha value is -1.53. The molecule has 0 saturated heterocycles. The van der Waals surface area contributed by atoms with Gasteiger partial charge in [0, 0.05) is 19.2 Å². The number of nitrogens with zero attached hydrogens (tertiary/aromatic N) is 1. The van der Waals surface area contributed by atoms with Gasteiger partial charge in [0.1, 0.15) is 6.26 Å². The molecule has 114 valence electrons. The zero-order valence-electron chi connectivity index (χ0n) is 12.2. The van der Waals surface area contributed by atoms with Gasteiger partial charge < -0.3 is 19.3 Å². The Morgan fingerprint density at radius 2 is 2.19 bits per heavy atom. The molecule has 0 saturated carbocycles. The Kier molecular flexibility index (Phi) is 6.07. The van der Waals surface area contributed by atoms with Gasteiger partial charge in [-0.2, -0.15) is 0 Å². The minimum Gasteiger partial charge on any atom is -0.493 e. The molecule has 0 atom stereocenters. The lowest BCUT2D eigenvalue weighted by Gasteiger charge is -2.14. The molecular formula is C15H19BrN2O3. The van der Waals surface area contributed by atoms with Crippen LogP contribution in [0.1, 0.15) is 24.6 Å². The van der Waals surface area contributed by atoms with Crippen LogP contribution in [0.25, 0.3) is 0 Å². The lowest BCUT2D eigenvalue weighted by molar-refractivity contribution is 0.292. The molecule has 0 aliphatic carbocycles. The van der Waals surface area contributed by atoms with Gasteiger partial charge in [0.05, 0.1) is 23.9 Å². The number of rotatable bonds is 8. The topological polar surface area (TPSA) is 56.5 Å². The summed E-state index contributed by atoms with van der Waals surface area (Å²) in [6.07, 6.45) is 2.52. The maximum Gasteiger partial charge on any atom is 0.175 e. The van der Waals surface area contributed by atoms with Crippen molar-refractivity contribution in [1.29, 1.82) is 0 Å². The number of methoxy groups -OCH3 is 1. The van der Waals surface area contributed by atoms with Crippen LogP contribution in [0.4, 0.5) is 0 Å². The first-order chi connectivity index (χ1) is 10.2. The second-order valence-electron chi connectivity index (χ2n) is 4.55. The second-order valence-corrected chi connectivity index (χ2v) is 5.41. The molecule has 1 aromatic carbocycles. The summed E-state index contributed by atoms with van der Waals surface area (Å²) >= 11 is 3.54. The van der Waals surface area contributed by atoms with Crippen LogP contribution in [0.15, 0.2) is 33.5 Å². The average Bonchev–Trinajstić information content (AvgIpc) is 2.99. The van der Waals surface area contributed by atoms with E-state index in [0.717, 1.165) is 33.6 Å². The molecule has 1 heterocycles. The number of hydrogen-bond acceptors (Lipinski definition) is 5. The van der Waals surface area contributed by atoms with Crippen LogP contribution < -0.4 is 14.8 Å². The van der Waals surface area contributed by atoms with E-state index in [1.54, 1.807) is 13.4 Å². The Labute approximate surface area is 132 Å². The van der Waals surface area contributed by atoms with E-state index < -0.39 is 0 Å². The predicted octanol–water partition coefficient (Wildman–Crippen LogP) is 3.52. The summed E-state index contributed by atoms with van der Waals surface area (Å²) in [5.41, 5.74) is 1.98. The van der Waals surface area contributed by atoms with Gasteiger partial charge in [-0.3, -0.25) is 0 Å². The Bertz CT molecular complexity index is 558. The first kappa shape index (κ1) is 15.9. The summed E-state index contributed by atoms with van der Waals surface area (Å²) in [5.74, 6) is 1.48. The monoisotopic (exact) mass is 354 g/mol. The molecule has 21 heavy (non-hydrogen) atoms. The number of hydrogen-bond donors (Lipinski definition) is 1. The van der Waals surface area contributed by atoms with Gasteiger partial charge in [-0.1, -0.05) is 12.1 Å². The van der Waals surface area contributed by atoms with Crippen molar-refractivity contribution in [2.45, 2.75) is 26.4 Å². The van der Waals surface area contributed by atoms with Gasteiger partial charge in [0.25, 0.3) is 0 Å². The molecule has 2 aromatic rings. The summed E-state index contributed by atoms with van der Waals surface area (Å²) in [6, 6.07) is 5.85. The van der Waals surface area contributed by atoms with Crippen LogP contribution in [0.3, 0.4) is 0 Å². The van der Waals surface area contributed by atoms with Crippen molar-refractivity contribution in [3.63, 3.8) is 0 Å². The zero-order chi connectivity index (χ0) is 15.1. The van der Waals surface area contributed by atoms with Crippen molar-refractivity contribution < 1.29 is 14.0 Å². The van der Waals surface area contributed by atoms with Crippen molar-refractivity contribution in [1.82, 2.24) is 10.5 Å². The van der Waals surface area contributed by atoms with Crippen molar-refractivity contribution in [2.24, 2.45) is 0 Å². The third kappa shape index (κ3) is 4.47. The molecule has 0 radical (unpaired) electrons. The van der Waals surface area contributed by atoms with E-state index in [0.29, 0.717) is 19.7 Å². The molecule has 6 heteroatoms. The number of nitrogens with one attached hydrogen (secondary N) is 1. The highest BCUT2D eigenvalue weighted by Gasteiger charge is 2.11. The van der Waals surface area contributed by atoms with Gasteiger partial charge in [-0.15, -0.1) is 0 Å². The first-order valence-electron chi connectivity index (χ1n) is 6.83. The van der Waals surface area contributed by atoms with Crippen LogP contribution in [-0.4, -0.2) is 18.9 Å². The van der Waals surface area contributed by atoms with Gasteiger partial charge in [0.2, 0.25) is 0 Å². The van der Waals surface area contributed by atoms with E-state index in [-0.39, 0.29) is 0 Å². The summed E-state index contributed by atoms with van der Waals surface area (Å²) in [6.45, 7) is 4.10. The summed E-state index contributed by atoms with van der Waals surface area (Å²) in [7, 11) is 1.65. The summed E-state index contributed by atoms with van der Waals surface area (Å²) < 4.78 is 16.8. The van der Waals surface area contributed by atoms with Gasteiger partial charge in [-0.05, 0) is 40.0 Å². The predicted molar refractivity (Wildman–Crippen MR) is 83.5 cm³/mol. The van der Waals surface area contributed by atoms with Crippen molar-refractivity contribution in [3.05, 3.63) is 40.2 Å². The average molecular weight is 355 g/mol. The molecule has 5 nitrogen and oxygen atoms in total. The number of halogens is 1. The lowest BCUT2D eigenvalue weighted by Crippen LogP contribution is -2.13. The van der Waals surface area contributed by atoms with Crippen molar-refractivity contribution in [3.8, 4) is 11.5 Å². The third-order valence-corrected chi connectivity index (χ3v) is 3.46. The highest BCUT2D eigenvalue weighted by Crippen LogP contribution is 2.36. The third-order valence-electron chi connectivity index (χ3n) is 2.87. The standard InChI is InChI=1S/C15H19BrN2O3/c1-3-5-20-15-13(16)7-11(8-14(15)19-2)9-17-10-12-4-6-21-18-12/h4,6-8,17H,3,5,9-10H2,1-2H3. The maximum absolute atomic E-state index is 5.71. The normalized spacial score (nSPS) is 10.6. The van der Waals surface area contributed by atoms with Crippen LogP contribution >= 0.6 is 15.9 Å². The quantitative estimate of drug-likeness (QED) is 0.785. The molecule has 0 aliphatic rings. The largest absolute Gasteiger partial charge is 0.493 e. The minimum atomic E-state index is 0.657. The Morgan fingerprint density at radius 1 is 1.33 bits per heavy atom. The smallest absolute Gasteiger partial charge is 0.175 e. The molecule has 0 bridgehead atoms. The van der Waals surface area contributed by atoms with E-state index in [9.17, 15) is 0 Å². The number of ether oxygens (including phenoxy) is 2. The van der Waals surface area contributed by atoms with Crippen LogP contribution in [0.2, 0.25) is 0 Å². The van der Waals surface area contributed by atoms with Gasteiger partial charge in [0.15, 0.2) is 11.5 Å². The molecule has 1 aromatic heterocycles. The summed E-state index contributed by atoms with van der Waals surface area (Å²) in [5, 5.41) is 7.16. The Balaban J connectivity index is 2.01. The lowest BCUT2D eigenvalue weighted by atomic mass is 10.2. The fourth-order valence-electron chi connectivity index (χ4n) is 1.88. The SMILES string of the molecule is CCCOc1c(Br)cc(CNCc2ccon2)cc1OC. The first-order valence-corrected chi connectivity index (χ1v) is 7.63. The number of aromatic nitrogens is 1. The van der Waals surface area contributed by atoms with Crippen LogP contribution in [0.5, 0.6) is 11.5 Å². The second kappa shape index (κ2) is 8.05. The highest BCUT2D eigenvalue weighted by atomic mass is 79.9. The molecule has 0 aliphatic heterocycles. The fraction of sp³-hybridized carbons (Fsp3) is 0.400. The zero-order valence-corrected chi connectivity index (χ0v) is 13.8. The minimum absolute atomic E-state index is 0.657. The van der Waals surface area contributed by atoms with Crippen molar-refractivity contribution in [2.75, 3.05) is 13.7 Å². The fourth-order valence-corrected chi connectivity index (χ4v) is 2.49. The van der Waals surface area contributed by atoms with Crippen LogP contribution in [0, 0.1) is 0 Å². The molecule has 0 fully saturated rings. The van der Waals surface area contributed by atoms with E-state index in [2.05, 4.69) is 33.3 Å². The maximum atomic E-state index is 5.71. The van der Waals surface area contributed by atoms with E-state index >= 15 is 0 Å². The molecule has 0 unspecified atom stereocenters. The van der Waals surface area contributed by atoms with E-state index in [1.807, 2.05) is 18.2 Å². The molecule has 1 N–H and O–H groups in total. The Morgan fingerprint density at radius 3 is 2.86 bits per heavy atom. The molecule has 2 rings (SSSR count). The highest BCUT2D eigenvalue weighted by molar-refractivity contribution is 9.10. The summed E-state index contributed by atoms with van der Waals surface area (Å²) in [4.78, 5) is 0. The van der Waals surface area contributed by atoms with E-state index in [1.165, 1.54) is 0 Å². The van der Waals surface area contributed by atoms with Crippen molar-refractivity contribution >= 4 is 15.9 Å². The number of benzene rings is 1. The van der Waals surface area contributed by atoms with E-state index in [4.69, 9.17) is 14.0 Å². The van der Waals surface area contributed by atoms with Gasteiger partial charge in [-0.25, -0.2) is 0 Å². The van der Waals surface area contributed by atoms with Gasteiger partial charge >= 0.3 is 0 Å². The molecular weight excluding hydrogens is 336 g/mol. The molecule has 0 amide bonds.